The first kappa shape index (κ1) is 30.3. The summed E-state index contributed by atoms with van der Waals surface area (Å²) in [5.41, 5.74) is 10.5. The molecule has 0 atom stereocenters. The number of aromatic nitrogens is 3. The molecule has 0 spiro atoms. The second-order valence-electron chi connectivity index (χ2n) is 13.5. The number of benzene rings is 8. The molecule has 0 saturated carbocycles. The first-order valence-electron chi connectivity index (χ1n) is 18.0. The molecule has 5 heteroatoms. The lowest BCUT2D eigenvalue weighted by Crippen LogP contribution is -2.01. The standard InChI is InChI=1S/C49H29N3O2/c1-3-14-30(15-4-1)32-21-11-23-39-44-36(22-12-27-43(44)54-46(32)39)35-28-29-37(34-19-8-7-18-33(34)35)48-50-47(31-16-5-2-6-17-31)51-49(52-48)40-24-13-26-42-45(40)38-20-9-10-25-41(38)53-42/h1-29H. The van der Waals surface area contributed by atoms with Crippen LogP contribution in [0.1, 0.15) is 0 Å². The molecule has 3 aromatic heterocycles. The van der Waals surface area contributed by atoms with Crippen LogP contribution in [0.25, 0.3) is 111 Å². The van der Waals surface area contributed by atoms with Crippen LogP contribution in [0, 0.1) is 0 Å². The Bertz CT molecular complexity index is 3220. The highest BCUT2D eigenvalue weighted by atomic mass is 16.3. The molecule has 0 radical (unpaired) electrons. The van der Waals surface area contributed by atoms with E-state index in [0.29, 0.717) is 17.5 Å². The van der Waals surface area contributed by atoms with Gasteiger partial charge in [-0.1, -0.05) is 152 Å². The highest BCUT2D eigenvalue weighted by molar-refractivity contribution is 6.18. The summed E-state index contributed by atoms with van der Waals surface area (Å²) in [4.78, 5) is 15.5. The number of nitrogens with zero attached hydrogens (tertiary/aromatic N) is 3. The molecular formula is C49H29N3O2. The molecule has 54 heavy (non-hydrogen) atoms. The van der Waals surface area contributed by atoms with Crippen molar-refractivity contribution >= 4 is 54.6 Å². The zero-order valence-corrected chi connectivity index (χ0v) is 28.9. The van der Waals surface area contributed by atoms with E-state index >= 15 is 0 Å². The third kappa shape index (κ3) is 4.76. The van der Waals surface area contributed by atoms with Crippen molar-refractivity contribution in [2.45, 2.75) is 0 Å². The number of rotatable bonds is 5. The second kappa shape index (κ2) is 12.1. The highest BCUT2D eigenvalue weighted by Gasteiger charge is 2.21. The zero-order valence-electron chi connectivity index (χ0n) is 28.9. The summed E-state index contributed by atoms with van der Waals surface area (Å²) >= 11 is 0. The van der Waals surface area contributed by atoms with Gasteiger partial charge in [-0.25, -0.2) is 15.0 Å². The van der Waals surface area contributed by atoms with Gasteiger partial charge in [0.15, 0.2) is 17.5 Å². The molecule has 0 bridgehead atoms. The molecule has 0 aliphatic carbocycles. The van der Waals surface area contributed by atoms with Gasteiger partial charge in [0.2, 0.25) is 0 Å². The first-order valence-corrected chi connectivity index (χ1v) is 18.0. The second-order valence-corrected chi connectivity index (χ2v) is 13.5. The van der Waals surface area contributed by atoms with E-state index in [2.05, 4.69) is 109 Å². The van der Waals surface area contributed by atoms with E-state index in [1.165, 1.54) is 0 Å². The van der Waals surface area contributed by atoms with E-state index in [4.69, 9.17) is 23.8 Å². The van der Waals surface area contributed by atoms with Crippen LogP contribution in [0.3, 0.4) is 0 Å². The SMILES string of the molecule is c1ccc(-c2nc(-c3ccc(-c4cccc5oc6c(-c7ccccc7)cccc6c45)c4ccccc34)nc(-c3cccc4oc5ccccc5c34)n2)cc1. The topological polar surface area (TPSA) is 65.0 Å². The fourth-order valence-corrected chi connectivity index (χ4v) is 7.94. The van der Waals surface area contributed by atoms with Gasteiger partial charge in [0.25, 0.3) is 0 Å². The smallest absolute Gasteiger partial charge is 0.164 e. The maximum atomic E-state index is 6.63. The molecule has 5 nitrogen and oxygen atoms in total. The lowest BCUT2D eigenvalue weighted by molar-refractivity contribution is 0.669. The summed E-state index contributed by atoms with van der Waals surface area (Å²) in [5.74, 6) is 1.80. The lowest BCUT2D eigenvalue weighted by atomic mass is 9.92. The average molecular weight is 692 g/mol. The van der Waals surface area contributed by atoms with Gasteiger partial charge >= 0.3 is 0 Å². The van der Waals surface area contributed by atoms with Crippen LogP contribution in [0.15, 0.2) is 185 Å². The molecule has 0 unspecified atom stereocenters. The Balaban J connectivity index is 1.14. The summed E-state index contributed by atoms with van der Waals surface area (Å²) in [6.07, 6.45) is 0. The summed E-state index contributed by atoms with van der Waals surface area (Å²) in [7, 11) is 0. The number of furan rings is 2. The van der Waals surface area contributed by atoms with Crippen molar-refractivity contribution in [3.05, 3.63) is 176 Å². The van der Waals surface area contributed by atoms with Gasteiger partial charge in [0, 0.05) is 43.8 Å². The number of hydrogen-bond acceptors (Lipinski definition) is 5. The monoisotopic (exact) mass is 691 g/mol. The third-order valence-electron chi connectivity index (χ3n) is 10.4. The Morgan fingerprint density at radius 2 is 0.778 bits per heavy atom. The summed E-state index contributed by atoms with van der Waals surface area (Å²) in [6, 6.07) is 60.3. The van der Waals surface area contributed by atoms with Crippen LogP contribution >= 0.6 is 0 Å². The molecule has 0 amide bonds. The van der Waals surface area contributed by atoms with Gasteiger partial charge < -0.3 is 8.83 Å². The van der Waals surface area contributed by atoms with E-state index in [-0.39, 0.29) is 0 Å². The minimum Gasteiger partial charge on any atom is -0.456 e. The predicted molar refractivity (Wildman–Crippen MR) is 219 cm³/mol. The fraction of sp³-hybridized carbons (Fsp3) is 0. The van der Waals surface area contributed by atoms with Crippen LogP contribution in [0.2, 0.25) is 0 Å². The van der Waals surface area contributed by atoms with Gasteiger partial charge in [-0.05, 0) is 51.7 Å². The average Bonchev–Trinajstić information content (AvgIpc) is 3.83. The Morgan fingerprint density at radius 1 is 0.278 bits per heavy atom. The van der Waals surface area contributed by atoms with E-state index in [1.807, 2.05) is 66.7 Å². The molecule has 11 aromatic rings. The van der Waals surface area contributed by atoms with Crippen molar-refractivity contribution < 1.29 is 8.83 Å². The quantitative estimate of drug-likeness (QED) is 0.180. The molecule has 0 aliphatic rings. The van der Waals surface area contributed by atoms with Crippen LogP contribution in [0.5, 0.6) is 0 Å². The molecule has 11 rings (SSSR count). The predicted octanol–water partition coefficient (Wildman–Crippen LogP) is 13.2. The van der Waals surface area contributed by atoms with Crippen molar-refractivity contribution in [3.8, 4) is 56.4 Å². The van der Waals surface area contributed by atoms with Crippen molar-refractivity contribution in [2.24, 2.45) is 0 Å². The maximum absolute atomic E-state index is 6.63. The zero-order chi connectivity index (χ0) is 35.6. The Kier molecular flexibility index (Phi) is 6.79. The van der Waals surface area contributed by atoms with Crippen molar-refractivity contribution in [1.82, 2.24) is 15.0 Å². The van der Waals surface area contributed by atoms with Crippen LogP contribution in [-0.4, -0.2) is 15.0 Å². The van der Waals surface area contributed by atoms with Crippen molar-refractivity contribution in [3.63, 3.8) is 0 Å². The largest absolute Gasteiger partial charge is 0.456 e. The van der Waals surface area contributed by atoms with Crippen LogP contribution in [0.4, 0.5) is 0 Å². The summed E-state index contributed by atoms with van der Waals surface area (Å²) in [6.45, 7) is 0. The molecule has 8 aromatic carbocycles. The molecular weight excluding hydrogens is 663 g/mol. The van der Waals surface area contributed by atoms with Gasteiger partial charge in [-0.15, -0.1) is 0 Å². The Labute approximate surface area is 309 Å². The van der Waals surface area contributed by atoms with E-state index in [0.717, 1.165) is 93.6 Å². The number of hydrogen-bond donors (Lipinski definition) is 0. The van der Waals surface area contributed by atoms with Crippen molar-refractivity contribution in [2.75, 3.05) is 0 Å². The molecule has 252 valence electrons. The minimum atomic E-state index is 0.591. The van der Waals surface area contributed by atoms with Crippen LogP contribution < -0.4 is 0 Å². The van der Waals surface area contributed by atoms with Gasteiger partial charge in [0.1, 0.15) is 22.3 Å². The van der Waals surface area contributed by atoms with E-state index < -0.39 is 0 Å². The third-order valence-corrected chi connectivity index (χ3v) is 10.4. The summed E-state index contributed by atoms with van der Waals surface area (Å²) < 4.78 is 12.9. The molecule has 0 saturated heterocycles. The maximum Gasteiger partial charge on any atom is 0.164 e. The molecule has 0 fully saturated rings. The number of para-hydroxylation sites is 2. The Morgan fingerprint density at radius 3 is 1.56 bits per heavy atom. The van der Waals surface area contributed by atoms with Crippen LogP contribution in [-0.2, 0) is 0 Å². The lowest BCUT2D eigenvalue weighted by Gasteiger charge is -2.14. The minimum absolute atomic E-state index is 0.591. The molecule has 0 aliphatic heterocycles. The fourth-order valence-electron chi connectivity index (χ4n) is 7.94. The van der Waals surface area contributed by atoms with Gasteiger partial charge in [-0.2, -0.15) is 0 Å². The summed E-state index contributed by atoms with van der Waals surface area (Å²) in [5, 5.41) is 6.34. The molecule has 0 N–H and O–H groups in total. The Hall–Kier alpha value is -7.37. The van der Waals surface area contributed by atoms with Crippen molar-refractivity contribution in [1.29, 1.82) is 0 Å². The first-order chi connectivity index (χ1) is 26.8. The van der Waals surface area contributed by atoms with Gasteiger partial charge in [0.05, 0.1) is 0 Å². The highest BCUT2D eigenvalue weighted by Crippen LogP contribution is 2.44. The van der Waals surface area contributed by atoms with Gasteiger partial charge in [-0.3, -0.25) is 0 Å². The van der Waals surface area contributed by atoms with E-state index in [1.54, 1.807) is 0 Å². The molecule has 3 heterocycles. The van der Waals surface area contributed by atoms with E-state index in [9.17, 15) is 0 Å². The normalized spacial score (nSPS) is 11.7. The number of fused-ring (bicyclic) bond motifs is 7.